The first-order valence-corrected chi connectivity index (χ1v) is 11.7. The van der Waals surface area contributed by atoms with Crippen LogP contribution in [0.15, 0.2) is 48.5 Å². The Hall–Kier alpha value is -2.69. The van der Waals surface area contributed by atoms with E-state index < -0.39 is 14.9 Å². The highest BCUT2D eigenvalue weighted by molar-refractivity contribution is 7.89. The molecule has 11 heteroatoms. The van der Waals surface area contributed by atoms with Gasteiger partial charge in [0, 0.05) is 55.6 Å². The average molecular weight is 467 g/mol. The number of carbonyl (C=O) groups excluding carboxylic acids is 1. The van der Waals surface area contributed by atoms with E-state index in [1.54, 1.807) is 12.1 Å². The van der Waals surface area contributed by atoms with Gasteiger partial charge in [-0.1, -0.05) is 23.7 Å². The fourth-order valence-corrected chi connectivity index (χ4v) is 4.77. The van der Waals surface area contributed by atoms with Gasteiger partial charge in [0.1, 0.15) is 0 Å². The maximum Gasteiger partial charge on any atom is 0.269 e. The van der Waals surface area contributed by atoms with E-state index in [-0.39, 0.29) is 30.3 Å². The maximum atomic E-state index is 12.6. The van der Waals surface area contributed by atoms with Gasteiger partial charge in [0.25, 0.3) is 5.69 Å². The zero-order valence-electron chi connectivity index (χ0n) is 16.7. The van der Waals surface area contributed by atoms with Gasteiger partial charge >= 0.3 is 0 Å². The zero-order chi connectivity index (χ0) is 22.4. The summed E-state index contributed by atoms with van der Waals surface area (Å²) in [6, 6.07) is 13.1. The summed E-state index contributed by atoms with van der Waals surface area (Å²) in [6.45, 7) is 1.91. The van der Waals surface area contributed by atoms with Gasteiger partial charge in [-0.2, -0.15) is 4.31 Å². The first kappa shape index (κ1) is 23.0. The molecule has 166 valence electrons. The van der Waals surface area contributed by atoms with Crippen molar-refractivity contribution in [2.24, 2.45) is 0 Å². The molecule has 1 aliphatic rings. The predicted octanol–water partition coefficient (Wildman–Crippen LogP) is 2.06. The smallest absolute Gasteiger partial charge is 0.269 e. The van der Waals surface area contributed by atoms with E-state index in [4.69, 9.17) is 11.6 Å². The number of nitro benzene ring substituents is 1. The summed E-state index contributed by atoms with van der Waals surface area (Å²) in [6.07, 6.45) is 0.0256. The number of amides is 1. The third-order valence-electron chi connectivity index (χ3n) is 5.02. The van der Waals surface area contributed by atoms with E-state index in [0.29, 0.717) is 36.8 Å². The molecular weight excluding hydrogens is 444 g/mol. The quantitative estimate of drug-likeness (QED) is 0.470. The molecule has 1 N–H and O–H groups in total. The van der Waals surface area contributed by atoms with Gasteiger partial charge in [0.2, 0.25) is 15.9 Å². The van der Waals surface area contributed by atoms with Crippen LogP contribution >= 0.6 is 11.6 Å². The number of nitrogens with one attached hydrogen (secondary N) is 1. The van der Waals surface area contributed by atoms with Gasteiger partial charge in [-0.05, 0) is 29.8 Å². The second-order valence-corrected chi connectivity index (χ2v) is 9.65. The van der Waals surface area contributed by atoms with Gasteiger partial charge in [0.05, 0.1) is 17.1 Å². The number of anilines is 1. The number of halogens is 1. The molecule has 1 heterocycles. The number of sulfonamides is 1. The Labute approximate surface area is 185 Å². The molecule has 3 rings (SSSR count). The molecule has 1 saturated heterocycles. The third-order valence-corrected chi connectivity index (χ3v) is 7.14. The molecule has 2 aromatic carbocycles. The van der Waals surface area contributed by atoms with Crippen molar-refractivity contribution in [3.8, 4) is 0 Å². The van der Waals surface area contributed by atoms with Gasteiger partial charge in [-0.25, -0.2) is 8.42 Å². The normalized spacial score (nSPS) is 14.9. The Morgan fingerprint density at radius 1 is 1.03 bits per heavy atom. The van der Waals surface area contributed by atoms with Crippen molar-refractivity contribution >= 4 is 38.9 Å². The number of nitro groups is 1. The van der Waals surface area contributed by atoms with Crippen molar-refractivity contribution in [2.75, 3.05) is 43.4 Å². The number of rotatable bonds is 8. The molecule has 0 unspecified atom stereocenters. The van der Waals surface area contributed by atoms with E-state index in [0.717, 1.165) is 5.69 Å². The number of carbonyl (C=O) groups is 1. The molecular formula is C20H23ClN4O5S. The third kappa shape index (κ3) is 6.39. The van der Waals surface area contributed by atoms with E-state index in [1.807, 2.05) is 12.1 Å². The van der Waals surface area contributed by atoms with Crippen molar-refractivity contribution in [3.05, 3.63) is 69.2 Å². The summed E-state index contributed by atoms with van der Waals surface area (Å²) in [5.41, 5.74) is 1.57. The van der Waals surface area contributed by atoms with Crippen molar-refractivity contribution in [3.63, 3.8) is 0 Å². The summed E-state index contributed by atoms with van der Waals surface area (Å²) in [5, 5.41) is 13.9. The van der Waals surface area contributed by atoms with E-state index in [1.165, 1.54) is 28.6 Å². The number of hydrogen-bond donors (Lipinski definition) is 1. The molecule has 1 fully saturated rings. The van der Waals surface area contributed by atoms with Crippen molar-refractivity contribution < 1.29 is 18.1 Å². The van der Waals surface area contributed by atoms with Gasteiger partial charge in [0.15, 0.2) is 0 Å². The van der Waals surface area contributed by atoms with Gasteiger partial charge < -0.3 is 10.2 Å². The van der Waals surface area contributed by atoms with Crippen LogP contribution in [0, 0.1) is 10.1 Å². The second kappa shape index (κ2) is 10.1. The van der Waals surface area contributed by atoms with Gasteiger partial charge in [-0.3, -0.25) is 14.9 Å². The minimum atomic E-state index is -3.48. The Balaban J connectivity index is 1.43. The van der Waals surface area contributed by atoms with E-state index >= 15 is 0 Å². The predicted molar refractivity (Wildman–Crippen MR) is 119 cm³/mol. The van der Waals surface area contributed by atoms with Crippen LogP contribution in [-0.4, -0.2) is 62.0 Å². The highest BCUT2D eigenvalue weighted by Crippen LogP contribution is 2.20. The Morgan fingerprint density at radius 2 is 1.65 bits per heavy atom. The molecule has 0 saturated carbocycles. The highest BCUT2D eigenvalue weighted by Gasteiger charge is 2.26. The summed E-state index contributed by atoms with van der Waals surface area (Å²) in [5.74, 6) is -0.517. The molecule has 0 atom stereocenters. The number of benzene rings is 2. The lowest BCUT2D eigenvalue weighted by atomic mass is 10.1. The molecule has 0 spiro atoms. The van der Waals surface area contributed by atoms with E-state index in [9.17, 15) is 23.3 Å². The molecule has 0 radical (unpaired) electrons. The van der Waals surface area contributed by atoms with Crippen molar-refractivity contribution in [1.29, 1.82) is 0 Å². The Kier molecular flexibility index (Phi) is 7.47. The van der Waals surface area contributed by atoms with Crippen LogP contribution < -0.4 is 10.2 Å². The van der Waals surface area contributed by atoms with Crippen LogP contribution in [0.2, 0.25) is 5.02 Å². The first-order valence-electron chi connectivity index (χ1n) is 9.73. The van der Waals surface area contributed by atoms with Crippen LogP contribution in [0.5, 0.6) is 0 Å². The van der Waals surface area contributed by atoms with Gasteiger partial charge in [-0.15, -0.1) is 0 Å². The maximum absolute atomic E-state index is 12.6. The lowest BCUT2D eigenvalue weighted by Crippen LogP contribution is -2.50. The summed E-state index contributed by atoms with van der Waals surface area (Å²) in [7, 11) is -3.48. The summed E-state index contributed by atoms with van der Waals surface area (Å²) >= 11 is 5.91. The van der Waals surface area contributed by atoms with Crippen LogP contribution in [0.3, 0.4) is 0 Å². The molecule has 1 aliphatic heterocycles. The fourth-order valence-electron chi connectivity index (χ4n) is 3.31. The molecule has 31 heavy (non-hydrogen) atoms. The van der Waals surface area contributed by atoms with Crippen LogP contribution in [0.4, 0.5) is 11.4 Å². The fraction of sp³-hybridized carbons (Fsp3) is 0.350. The lowest BCUT2D eigenvalue weighted by molar-refractivity contribution is -0.384. The zero-order valence-corrected chi connectivity index (χ0v) is 18.3. The van der Waals surface area contributed by atoms with Crippen molar-refractivity contribution in [1.82, 2.24) is 9.62 Å². The second-order valence-electron chi connectivity index (χ2n) is 7.13. The molecule has 9 nitrogen and oxygen atoms in total. The first-order chi connectivity index (χ1) is 14.7. The van der Waals surface area contributed by atoms with Crippen LogP contribution in [0.1, 0.15) is 5.56 Å². The Bertz CT molecular complexity index is 1020. The summed E-state index contributed by atoms with van der Waals surface area (Å²) < 4.78 is 26.6. The number of hydrogen-bond acceptors (Lipinski definition) is 6. The number of nitrogens with zero attached hydrogens (tertiary/aromatic N) is 3. The number of piperazine rings is 1. The molecule has 1 amide bonds. The Morgan fingerprint density at radius 3 is 2.23 bits per heavy atom. The lowest BCUT2D eigenvalue weighted by Gasteiger charge is -2.35. The van der Waals surface area contributed by atoms with Crippen LogP contribution in [-0.2, 0) is 21.2 Å². The molecule has 0 aliphatic carbocycles. The number of non-ortho nitro benzene ring substituents is 1. The molecule has 0 aromatic heterocycles. The van der Waals surface area contributed by atoms with E-state index in [2.05, 4.69) is 10.2 Å². The molecule has 2 aromatic rings. The standard InChI is InChI=1S/C20H23ClN4O5S/c21-17-3-7-18(8-4-17)23-10-12-24(13-11-23)31(29,30)14-9-22-20(26)15-16-1-5-19(6-2-16)25(27)28/h1-8H,9-15H2,(H,22,26). The summed E-state index contributed by atoms with van der Waals surface area (Å²) in [4.78, 5) is 24.3. The van der Waals surface area contributed by atoms with Crippen LogP contribution in [0.25, 0.3) is 0 Å². The minimum absolute atomic E-state index is 0.00550. The SMILES string of the molecule is O=C(Cc1ccc([N+](=O)[O-])cc1)NCCS(=O)(=O)N1CCN(c2ccc(Cl)cc2)CC1. The topological polar surface area (TPSA) is 113 Å². The largest absolute Gasteiger partial charge is 0.369 e. The molecule has 0 bridgehead atoms. The minimum Gasteiger partial charge on any atom is -0.369 e. The average Bonchev–Trinajstić information content (AvgIpc) is 2.74. The highest BCUT2D eigenvalue weighted by atomic mass is 35.5. The van der Waals surface area contributed by atoms with Crippen molar-refractivity contribution in [2.45, 2.75) is 6.42 Å². The monoisotopic (exact) mass is 466 g/mol.